The van der Waals surface area contributed by atoms with Crippen LogP contribution in [-0.4, -0.2) is 16.7 Å². The molecular weight excluding hydrogens is 294 g/mol. The number of benzene rings is 1. The molecule has 1 atom stereocenters. The van der Waals surface area contributed by atoms with Crippen LogP contribution in [0, 0.1) is 0 Å². The summed E-state index contributed by atoms with van der Waals surface area (Å²) in [6, 6.07) is 13.1. The van der Waals surface area contributed by atoms with Crippen molar-refractivity contribution in [2.75, 3.05) is 6.61 Å². The van der Waals surface area contributed by atoms with Crippen LogP contribution in [0.5, 0.6) is 5.75 Å². The van der Waals surface area contributed by atoms with Crippen LogP contribution >= 0.6 is 15.9 Å². The van der Waals surface area contributed by atoms with Crippen molar-refractivity contribution in [2.24, 2.45) is 0 Å². The van der Waals surface area contributed by atoms with Crippen LogP contribution in [0.25, 0.3) is 0 Å². The summed E-state index contributed by atoms with van der Waals surface area (Å²) in [5, 5.41) is 10.3. The van der Waals surface area contributed by atoms with Crippen LogP contribution in [-0.2, 0) is 5.60 Å². The quantitative estimate of drug-likeness (QED) is 0.882. The highest BCUT2D eigenvalue weighted by Crippen LogP contribution is 2.22. The molecule has 0 radical (unpaired) electrons. The highest BCUT2D eigenvalue weighted by Gasteiger charge is 2.23. The van der Waals surface area contributed by atoms with E-state index in [-0.39, 0.29) is 6.61 Å². The van der Waals surface area contributed by atoms with E-state index < -0.39 is 5.60 Å². The number of hydrogen-bond donors (Lipinski definition) is 1. The first-order valence-electron chi connectivity index (χ1n) is 5.60. The number of halogens is 1. The lowest BCUT2D eigenvalue weighted by molar-refractivity contribution is 0.00748. The van der Waals surface area contributed by atoms with Crippen LogP contribution in [0.1, 0.15) is 12.5 Å². The molecule has 0 saturated carbocycles. The fourth-order valence-corrected chi connectivity index (χ4v) is 1.79. The Hall–Kier alpha value is -1.39. The van der Waals surface area contributed by atoms with E-state index in [1.54, 1.807) is 25.3 Å². The molecule has 1 heterocycles. The lowest BCUT2D eigenvalue weighted by Gasteiger charge is -2.23. The summed E-state index contributed by atoms with van der Waals surface area (Å²) in [4.78, 5) is 4.06. The number of hydrogen-bond acceptors (Lipinski definition) is 3. The van der Waals surface area contributed by atoms with Gasteiger partial charge in [0.1, 0.15) is 22.6 Å². The van der Waals surface area contributed by atoms with Crippen LogP contribution in [0.2, 0.25) is 0 Å². The van der Waals surface area contributed by atoms with Gasteiger partial charge in [0.05, 0.1) is 6.20 Å². The van der Waals surface area contributed by atoms with Crippen molar-refractivity contribution in [2.45, 2.75) is 12.5 Å². The molecule has 0 spiro atoms. The van der Waals surface area contributed by atoms with Gasteiger partial charge >= 0.3 is 0 Å². The van der Waals surface area contributed by atoms with Crippen LogP contribution in [0.4, 0.5) is 0 Å². The Kier molecular flexibility index (Phi) is 3.99. The van der Waals surface area contributed by atoms with Crippen molar-refractivity contribution in [3.05, 3.63) is 58.8 Å². The fourth-order valence-electron chi connectivity index (χ4n) is 1.55. The van der Waals surface area contributed by atoms with Crippen molar-refractivity contribution in [3.63, 3.8) is 0 Å². The van der Waals surface area contributed by atoms with Crippen LogP contribution in [0.15, 0.2) is 53.3 Å². The third-order valence-electron chi connectivity index (χ3n) is 2.62. The summed E-state index contributed by atoms with van der Waals surface area (Å²) in [5.74, 6) is 0.634. The van der Waals surface area contributed by atoms with Gasteiger partial charge in [0.25, 0.3) is 0 Å². The maximum atomic E-state index is 10.3. The molecular formula is C14H14BrNO2. The molecule has 18 heavy (non-hydrogen) atoms. The molecule has 4 heteroatoms. The number of ether oxygens (including phenoxy) is 1. The maximum Gasteiger partial charge on any atom is 0.137 e. The summed E-state index contributed by atoms with van der Waals surface area (Å²) in [6.45, 7) is 1.91. The van der Waals surface area contributed by atoms with Gasteiger partial charge < -0.3 is 9.84 Å². The minimum Gasteiger partial charge on any atom is -0.489 e. The zero-order chi connectivity index (χ0) is 13.0. The minimum absolute atomic E-state index is 0.181. The van der Waals surface area contributed by atoms with Crippen molar-refractivity contribution in [1.82, 2.24) is 4.98 Å². The molecule has 1 N–H and O–H groups in total. The van der Waals surface area contributed by atoms with E-state index >= 15 is 0 Å². The molecule has 0 aliphatic rings. The van der Waals surface area contributed by atoms with Crippen LogP contribution in [0.3, 0.4) is 0 Å². The largest absolute Gasteiger partial charge is 0.489 e. The molecule has 0 saturated heterocycles. The molecule has 0 unspecified atom stereocenters. The van der Waals surface area contributed by atoms with E-state index in [1.807, 2.05) is 30.3 Å². The van der Waals surface area contributed by atoms with Crippen molar-refractivity contribution in [3.8, 4) is 5.75 Å². The molecule has 2 rings (SSSR count). The number of rotatable bonds is 4. The van der Waals surface area contributed by atoms with Crippen molar-refractivity contribution >= 4 is 15.9 Å². The van der Waals surface area contributed by atoms with Crippen molar-refractivity contribution < 1.29 is 9.84 Å². The molecule has 0 aliphatic heterocycles. The average Bonchev–Trinajstić information content (AvgIpc) is 2.39. The summed E-state index contributed by atoms with van der Waals surface area (Å²) in [7, 11) is 0. The smallest absolute Gasteiger partial charge is 0.137 e. The second-order valence-electron chi connectivity index (χ2n) is 4.25. The van der Waals surface area contributed by atoms with E-state index in [4.69, 9.17) is 4.74 Å². The van der Waals surface area contributed by atoms with E-state index in [2.05, 4.69) is 20.9 Å². The monoisotopic (exact) mass is 307 g/mol. The zero-order valence-electron chi connectivity index (χ0n) is 10.0. The van der Waals surface area contributed by atoms with Gasteiger partial charge in [0.2, 0.25) is 0 Å². The Bertz CT molecular complexity index is 497. The minimum atomic E-state index is -1.02. The van der Waals surface area contributed by atoms with E-state index in [0.717, 1.165) is 10.2 Å². The maximum absolute atomic E-state index is 10.3. The molecule has 1 aromatic carbocycles. The summed E-state index contributed by atoms with van der Waals surface area (Å²) in [5.41, 5.74) is -0.191. The first-order chi connectivity index (χ1) is 8.58. The Balaban J connectivity index is 2.03. The Morgan fingerprint density at radius 2 is 1.94 bits per heavy atom. The summed E-state index contributed by atoms with van der Waals surface area (Å²) in [6.07, 6.45) is 1.62. The standard InChI is InChI=1S/C14H14BrNO2/c1-14(17,11-5-3-2-4-6-11)10-18-12-7-8-13(15)16-9-12/h2-9,17H,10H2,1H3/t14-/m1/s1. The Morgan fingerprint density at radius 1 is 1.22 bits per heavy atom. The number of pyridine rings is 1. The van der Waals surface area contributed by atoms with Gasteiger partial charge in [0, 0.05) is 0 Å². The SMILES string of the molecule is C[C@@](O)(COc1ccc(Br)nc1)c1ccccc1. The number of nitrogens with zero attached hydrogens (tertiary/aromatic N) is 1. The van der Waals surface area contributed by atoms with Gasteiger partial charge in [0.15, 0.2) is 0 Å². The topological polar surface area (TPSA) is 42.4 Å². The first kappa shape index (κ1) is 13.1. The number of aliphatic hydroxyl groups is 1. The van der Waals surface area contributed by atoms with E-state index in [1.165, 1.54) is 0 Å². The third-order valence-corrected chi connectivity index (χ3v) is 3.08. The van der Waals surface area contributed by atoms with Gasteiger partial charge in [-0.15, -0.1) is 0 Å². The Labute approximate surface area is 115 Å². The van der Waals surface area contributed by atoms with Gasteiger partial charge in [-0.2, -0.15) is 0 Å². The number of aromatic nitrogens is 1. The normalized spacial score (nSPS) is 13.9. The van der Waals surface area contributed by atoms with Crippen LogP contribution < -0.4 is 4.74 Å². The molecule has 2 aromatic rings. The predicted molar refractivity (Wildman–Crippen MR) is 73.4 cm³/mol. The molecule has 1 aromatic heterocycles. The fraction of sp³-hybridized carbons (Fsp3) is 0.214. The summed E-state index contributed by atoms with van der Waals surface area (Å²) < 4.78 is 6.30. The van der Waals surface area contributed by atoms with Crippen molar-refractivity contribution in [1.29, 1.82) is 0 Å². The highest BCUT2D eigenvalue weighted by atomic mass is 79.9. The molecule has 94 valence electrons. The molecule has 0 amide bonds. The Morgan fingerprint density at radius 3 is 2.56 bits per heavy atom. The average molecular weight is 308 g/mol. The third kappa shape index (κ3) is 3.31. The molecule has 3 nitrogen and oxygen atoms in total. The summed E-state index contributed by atoms with van der Waals surface area (Å²) >= 11 is 3.26. The van der Waals surface area contributed by atoms with Gasteiger partial charge in [-0.05, 0) is 40.5 Å². The van der Waals surface area contributed by atoms with E-state index in [0.29, 0.717) is 5.75 Å². The van der Waals surface area contributed by atoms with E-state index in [9.17, 15) is 5.11 Å². The molecule has 0 bridgehead atoms. The predicted octanol–water partition coefficient (Wildman–Crippen LogP) is 3.13. The first-order valence-corrected chi connectivity index (χ1v) is 6.39. The van der Waals surface area contributed by atoms with Gasteiger partial charge in [-0.1, -0.05) is 30.3 Å². The second-order valence-corrected chi connectivity index (χ2v) is 5.06. The van der Waals surface area contributed by atoms with Gasteiger partial charge in [-0.3, -0.25) is 0 Å². The highest BCUT2D eigenvalue weighted by molar-refractivity contribution is 9.10. The molecule has 0 aliphatic carbocycles. The zero-order valence-corrected chi connectivity index (χ0v) is 11.6. The van der Waals surface area contributed by atoms with Gasteiger partial charge in [-0.25, -0.2) is 4.98 Å². The lowest BCUT2D eigenvalue weighted by atomic mass is 9.97. The second kappa shape index (κ2) is 5.50. The lowest BCUT2D eigenvalue weighted by Crippen LogP contribution is -2.29. The molecule has 0 fully saturated rings.